The molecule has 0 amide bonds. The summed E-state index contributed by atoms with van der Waals surface area (Å²) in [5.74, 6) is 0.487. The zero-order valence-electron chi connectivity index (χ0n) is 10.9. The summed E-state index contributed by atoms with van der Waals surface area (Å²) in [6, 6.07) is 7.35. The topological polar surface area (TPSA) is 39.4 Å². The van der Waals surface area contributed by atoms with Gasteiger partial charge in [-0.2, -0.15) is 0 Å². The highest BCUT2D eigenvalue weighted by molar-refractivity contribution is 5.64. The Kier molecular flexibility index (Phi) is 3.04. The lowest BCUT2D eigenvalue weighted by Crippen LogP contribution is -2.16. The highest BCUT2D eigenvalue weighted by atomic mass is 19.4. The number of aromatic nitrogens is 3. The Morgan fingerprint density at radius 2 is 1.86 bits per heavy atom. The Labute approximate surface area is 117 Å². The summed E-state index contributed by atoms with van der Waals surface area (Å²) in [7, 11) is 0. The molecule has 0 fully saturated rings. The van der Waals surface area contributed by atoms with E-state index in [1.807, 2.05) is 11.3 Å². The van der Waals surface area contributed by atoms with Gasteiger partial charge in [0.1, 0.15) is 17.2 Å². The van der Waals surface area contributed by atoms with E-state index in [-0.39, 0.29) is 5.75 Å². The van der Waals surface area contributed by atoms with Crippen LogP contribution in [0, 0.1) is 6.92 Å². The molecule has 108 valence electrons. The van der Waals surface area contributed by atoms with Gasteiger partial charge in [0.2, 0.25) is 0 Å². The molecule has 0 N–H and O–H groups in total. The second-order valence-electron chi connectivity index (χ2n) is 4.42. The molecule has 0 saturated heterocycles. The number of rotatable bonds is 2. The van der Waals surface area contributed by atoms with Crippen molar-refractivity contribution in [2.75, 3.05) is 0 Å². The van der Waals surface area contributed by atoms with Gasteiger partial charge in [0, 0.05) is 24.0 Å². The molecular formula is C14H10F3N3O. The van der Waals surface area contributed by atoms with Crippen LogP contribution in [0.5, 0.6) is 5.75 Å². The first-order valence-electron chi connectivity index (χ1n) is 6.09. The highest BCUT2D eigenvalue weighted by Crippen LogP contribution is 2.26. The van der Waals surface area contributed by atoms with Crippen LogP contribution in [0.15, 0.2) is 42.7 Å². The number of ether oxygens (including phenoxy) is 1. The Bertz CT molecular complexity index is 778. The maximum absolute atomic E-state index is 12.1. The highest BCUT2D eigenvalue weighted by Gasteiger charge is 2.30. The van der Waals surface area contributed by atoms with Crippen molar-refractivity contribution in [3.63, 3.8) is 0 Å². The molecule has 1 aromatic carbocycles. The van der Waals surface area contributed by atoms with Crippen LogP contribution in [0.4, 0.5) is 13.2 Å². The van der Waals surface area contributed by atoms with Crippen LogP contribution in [-0.2, 0) is 0 Å². The van der Waals surface area contributed by atoms with E-state index in [0.717, 1.165) is 11.5 Å². The maximum atomic E-state index is 12.1. The van der Waals surface area contributed by atoms with Crippen molar-refractivity contribution in [2.24, 2.45) is 0 Å². The lowest BCUT2D eigenvalue weighted by atomic mass is 10.1. The third-order valence-corrected chi connectivity index (χ3v) is 2.95. The van der Waals surface area contributed by atoms with Crippen molar-refractivity contribution in [2.45, 2.75) is 13.3 Å². The molecule has 0 saturated carbocycles. The number of halogens is 3. The first-order valence-corrected chi connectivity index (χ1v) is 6.09. The molecular weight excluding hydrogens is 283 g/mol. The van der Waals surface area contributed by atoms with Crippen molar-refractivity contribution in [3.8, 4) is 17.0 Å². The first kappa shape index (κ1) is 13.4. The van der Waals surface area contributed by atoms with Gasteiger partial charge in [-0.25, -0.2) is 9.97 Å². The molecule has 2 aromatic heterocycles. The largest absolute Gasteiger partial charge is 0.573 e. The molecule has 4 nitrogen and oxygen atoms in total. The maximum Gasteiger partial charge on any atom is 0.573 e. The minimum Gasteiger partial charge on any atom is -0.406 e. The van der Waals surface area contributed by atoms with Gasteiger partial charge in [0.05, 0.1) is 5.69 Å². The van der Waals surface area contributed by atoms with Crippen molar-refractivity contribution in [3.05, 3.63) is 48.5 Å². The molecule has 0 aliphatic heterocycles. The summed E-state index contributed by atoms with van der Waals surface area (Å²) < 4.78 is 42.0. The van der Waals surface area contributed by atoms with Gasteiger partial charge in [-0.3, -0.25) is 4.40 Å². The fourth-order valence-corrected chi connectivity index (χ4v) is 2.05. The molecule has 0 spiro atoms. The molecule has 0 radical (unpaired) electrons. The monoisotopic (exact) mass is 293 g/mol. The number of fused-ring (bicyclic) bond motifs is 1. The molecule has 3 rings (SSSR count). The molecule has 0 aliphatic rings. The van der Waals surface area contributed by atoms with E-state index >= 15 is 0 Å². The number of aryl methyl sites for hydroxylation is 1. The van der Waals surface area contributed by atoms with E-state index in [0.29, 0.717) is 11.3 Å². The number of nitrogens with zero attached hydrogens (tertiary/aromatic N) is 3. The van der Waals surface area contributed by atoms with Gasteiger partial charge in [0.25, 0.3) is 0 Å². The van der Waals surface area contributed by atoms with E-state index in [1.165, 1.54) is 24.3 Å². The fraction of sp³-hybridized carbons (Fsp3) is 0.143. The van der Waals surface area contributed by atoms with Crippen LogP contribution in [0.3, 0.4) is 0 Å². The molecule has 0 unspecified atom stereocenters. The Morgan fingerprint density at radius 3 is 2.52 bits per heavy atom. The van der Waals surface area contributed by atoms with Crippen molar-refractivity contribution < 1.29 is 17.9 Å². The number of benzene rings is 1. The Hall–Kier alpha value is -2.57. The molecule has 21 heavy (non-hydrogen) atoms. The number of alkyl halides is 3. The van der Waals surface area contributed by atoms with Gasteiger partial charge in [0.15, 0.2) is 0 Å². The number of hydrogen-bond donors (Lipinski definition) is 0. The zero-order chi connectivity index (χ0) is 15.0. The lowest BCUT2D eigenvalue weighted by Gasteiger charge is -2.09. The summed E-state index contributed by atoms with van der Waals surface area (Å²) in [5.41, 5.74) is 2.07. The number of imidazole rings is 1. The van der Waals surface area contributed by atoms with Gasteiger partial charge in [-0.15, -0.1) is 13.2 Å². The van der Waals surface area contributed by atoms with Gasteiger partial charge in [-0.05, 0) is 31.2 Å². The standard InChI is InChI=1S/C14H10F3N3O/c1-9-19-12(8-13-18-6-7-20(9)13)10-2-4-11(5-3-10)21-14(15,16)17/h2-8H,1H3. The quantitative estimate of drug-likeness (QED) is 0.724. The van der Waals surface area contributed by atoms with Crippen LogP contribution >= 0.6 is 0 Å². The van der Waals surface area contributed by atoms with Crippen LogP contribution in [0.1, 0.15) is 5.82 Å². The van der Waals surface area contributed by atoms with E-state index in [1.54, 1.807) is 18.5 Å². The van der Waals surface area contributed by atoms with Crippen LogP contribution < -0.4 is 4.74 Å². The van der Waals surface area contributed by atoms with Crippen molar-refractivity contribution >= 4 is 5.65 Å². The minimum absolute atomic E-state index is 0.259. The normalized spacial score (nSPS) is 11.8. The predicted molar refractivity (Wildman–Crippen MR) is 69.8 cm³/mol. The second kappa shape index (κ2) is 4.76. The molecule has 2 heterocycles. The summed E-state index contributed by atoms with van der Waals surface area (Å²) in [6.45, 7) is 1.83. The molecule has 0 bridgehead atoms. The molecule has 0 atom stereocenters. The lowest BCUT2D eigenvalue weighted by molar-refractivity contribution is -0.274. The number of hydrogen-bond acceptors (Lipinski definition) is 3. The van der Waals surface area contributed by atoms with Crippen LogP contribution in [0.2, 0.25) is 0 Å². The van der Waals surface area contributed by atoms with E-state index in [9.17, 15) is 13.2 Å². The predicted octanol–water partition coefficient (Wildman–Crippen LogP) is 3.60. The summed E-state index contributed by atoms with van der Waals surface area (Å²) in [5, 5.41) is 0. The van der Waals surface area contributed by atoms with Crippen molar-refractivity contribution in [1.82, 2.24) is 14.4 Å². The smallest absolute Gasteiger partial charge is 0.406 e. The van der Waals surface area contributed by atoms with E-state index in [4.69, 9.17) is 0 Å². The zero-order valence-corrected chi connectivity index (χ0v) is 10.9. The molecule has 0 aliphatic carbocycles. The Balaban J connectivity index is 1.95. The molecule has 7 heteroatoms. The fourth-order valence-electron chi connectivity index (χ4n) is 2.05. The summed E-state index contributed by atoms with van der Waals surface area (Å²) >= 11 is 0. The van der Waals surface area contributed by atoms with Gasteiger partial charge >= 0.3 is 6.36 Å². The average Bonchev–Trinajstić information content (AvgIpc) is 2.86. The minimum atomic E-state index is -4.69. The van der Waals surface area contributed by atoms with E-state index in [2.05, 4.69) is 14.7 Å². The summed E-state index contributed by atoms with van der Waals surface area (Å²) in [6.07, 6.45) is -1.24. The van der Waals surface area contributed by atoms with E-state index < -0.39 is 6.36 Å². The molecule has 3 aromatic rings. The van der Waals surface area contributed by atoms with Gasteiger partial charge < -0.3 is 4.74 Å². The van der Waals surface area contributed by atoms with Crippen molar-refractivity contribution in [1.29, 1.82) is 0 Å². The third-order valence-electron chi connectivity index (χ3n) is 2.95. The second-order valence-corrected chi connectivity index (χ2v) is 4.42. The summed E-state index contributed by atoms with van der Waals surface area (Å²) in [4.78, 5) is 8.59. The third kappa shape index (κ3) is 2.81. The Morgan fingerprint density at radius 1 is 1.14 bits per heavy atom. The average molecular weight is 293 g/mol. The SMILES string of the molecule is Cc1nc(-c2ccc(OC(F)(F)F)cc2)cc2nccn12. The van der Waals surface area contributed by atoms with Gasteiger partial charge in [-0.1, -0.05) is 0 Å². The first-order chi connectivity index (χ1) is 9.92. The van der Waals surface area contributed by atoms with Crippen LogP contribution in [-0.4, -0.2) is 20.7 Å². The van der Waals surface area contributed by atoms with Crippen LogP contribution in [0.25, 0.3) is 16.9 Å².